The number of anilines is 4. The SMILES string of the molecule is CN(C)CCN(C)c1cc(OC(F)(F)F)c(Nc2nccc(-c3cn(C)c4ccccc34)n2)cc1N. The molecular formula is C25H28F3N7O. The predicted octanol–water partition coefficient (Wildman–Crippen LogP) is 4.86. The summed E-state index contributed by atoms with van der Waals surface area (Å²) >= 11 is 0. The van der Waals surface area contributed by atoms with Crippen molar-refractivity contribution in [2.24, 2.45) is 7.05 Å². The lowest BCUT2D eigenvalue weighted by atomic mass is 10.1. The van der Waals surface area contributed by atoms with Crippen LogP contribution in [-0.4, -0.2) is 60.0 Å². The van der Waals surface area contributed by atoms with Crippen molar-refractivity contribution in [1.29, 1.82) is 0 Å². The van der Waals surface area contributed by atoms with E-state index in [0.717, 1.165) is 16.5 Å². The second kappa shape index (κ2) is 9.94. The Morgan fingerprint density at radius 3 is 2.56 bits per heavy atom. The molecule has 0 bridgehead atoms. The van der Waals surface area contributed by atoms with Gasteiger partial charge in [-0.05, 0) is 32.3 Å². The Balaban J connectivity index is 1.69. The zero-order valence-electron chi connectivity index (χ0n) is 20.5. The molecular weight excluding hydrogens is 471 g/mol. The molecule has 0 unspecified atom stereocenters. The highest BCUT2D eigenvalue weighted by atomic mass is 19.4. The number of ether oxygens (including phenoxy) is 1. The van der Waals surface area contributed by atoms with E-state index >= 15 is 0 Å². The fourth-order valence-electron chi connectivity index (χ4n) is 3.93. The van der Waals surface area contributed by atoms with Crippen molar-refractivity contribution in [2.45, 2.75) is 6.36 Å². The van der Waals surface area contributed by atoms with Gasteiger partial charge in [0.1, 0.15) is 0 Å². The van der Waals surface area contributed by atoms with Crippen molar-refractivity contribution >= 4 is 33.9 Å². The van der Waals surface area contributed by atoms with Gasteiger partial charge in [0.2, 0.25) is 5.95 Å². The topological polar surface area (TPSA) is 84.5 Å². The van der Waals surface area contributed by atoms with Crippen LogP contribution < -0.4 is 20.7 Å². The molecule has 36 heavy (non-hydrogen) atoms. The average Bonchev–Trinajstić information content (AvgIpc) is 3.15. The minimum Gasteiger partial charge on any atom is -0.403 e. The minimum atomic E-state index is -4.89. The van der Waals surface area contributed by atoms with Gasteiger partial charge in [-0.1, -0.05) is 18.2 Å². The number of hydrogen-bond donors (Lipinski definition) is 2. The Hall–Kier alpha value is -3.99. The van der Waals surface area contributed by atoms with Gasteiger partial charge in [0, 0.05) is 62.1 Å². The van der Waals surface area contributed by atoms with Crippen LogP contribution in [0, 0.1) is 0 Å². The van der Waals surface area contributed by atoms with Crippen molar-refractivity contribution < 1.29 is 17.9 Å². The molecule has 8 nitrogen and oxygen atoms in total. The molecule has 11 heteroatoms. The summed E-state index contributed by atoms with van der Waals surface area (Å²) in [5, 5.41) is 3.86. The van der Waals surface area contributed by atoms with E-state index in [2.05, 4.69) is 20.0 Å². The van der Waals surface area contributed by atoms with Crippen molar-refractivity contribution in [1.82, 2.24) is 19.4 Å². The van der Waals surface area contributed by atoms with Crippen LogP contribution in [0.25, 0.3) is 22.2 Å². The summed E-state index contributed by atoms with van der Waals surface area (Å²) in [5.41, 5.74) is 9.47. The second-order valence-electron chi connectivity index (χ2n) is 8.74. The van der Waals surface area contributed by atoms with Crippen molar-refractivity contribution in [3.63, 3.8) is 0 Å². The van der Waals surface area contributed by atoms with Crippen LogP contribution in [-0.2, 0) is 7.05 Å². The van der Waals surface area contributed by atoms with Gasteiger partial charge in [-0.3, -0.25) is 0 Å². The molecule has 2 heterocycles. The number of halogens is 3. The number of benzene rings is 2. The number of alkyl halides is 3. The molecule has 0 spiro atoms. The highest BCUT2D eigenvalue weighted by Gasteiger charge is 2.33. The van der Waals surface area contributed by atoms with E-state index in [4.69, 9.17) is 5.73 Å². The highest BCUT2D eigenvalue weighted by Crippen LogP contribution is 2.39. The normalized spacial score (nSPS) is 11.8. The minimum absolute atomic E-state index is 0.00431. The zero-order chi connectivity index (χ0) is 26.0. The number of fused-ring (bicyclic) bond motifs is 1. The molecule has 0 saturated carbocycles. The summed E-state index contributed by atoms with van der Waals surface area (Å²) < 4.78 is 46.1. The maximum atomic E-state index is 13.2. The molecule has 2 aromatic carbocycles. The molecule has 0 aliphatic heterocycles. The molecule has 0 amide bonds. The number of aryl methyl sites for hydroxylation is 1. The fraction of sp³-hybridized carbons (Fsp3) is 0.280. The van der Waals surface area contributed by atoms with Crippen LogP contribution in [0.1, 0.15) is 0 Å². The van der Waals surface area contributed by atoms with Crippen molar-refractivity contribution in [3.05, 3.63) is 54.9 Å². The number of likely N-dealkylation sites (N-methyl/N-ethyl adjacent to an activating group) is 2. The monoisotopic (exact) mass is 499 g/mol. The van der Waals surface area contributed by atoms with Gasteiger partial charge in [-0.25, -0.2) is 9.97 Å². The van der Waals surface area contributed by atoms with Crippen molar-refractivity contribution in [3.8, 4) is 17.0 Å². The lowest BCUT2D eigenvalue weighted by molar-refractivity contribution is -0.274. The third-order valence-corrected chi connectivity index (χ3v) is 5.72. The molecule has 190 valence electrons. The van der Waals surface area contributed by atoms with Crippen LogP contribution in [0.15, 0.2) is 54.9 Å². The van der Waals surface area contributed by atoms with Gasteiger partial charge in [0.15, 0.2) is 5.75 Å². The number of hydrogen-bond acceptors (Lipinski definition) is 7. The third kappa shape index (κ3) is 5.62. The van der Waals surface area contributed by atoms with Gasteiger partial charge in [0.25, 0.3) is 0 Å². The first-order chi connectivity index (χ1) is 17.0. The summed E-state index contributed by atoms with van der Waals surface area (Å²) in [6, 6.07) is 12.3. The Bertz CT molecular complexity index is 1370. The van der Waals surface area contributed by atoms with Gasteiger partial charge in [-0.15, -0.1) is 13.2 Å². The molecule has 0 aliphatic rings. The van der Waals surface area contributed by atoms with Gasteiger partial charge in [-0.2, -0.15) is 0 Å². The molecule has 0 radical (unpaired) electrons. The standard InChI is InChI=1S/C25H28F3N7O/c1-33(2)11-12-34(3)22-14-23(36-25(26,27)28)20(13-18(22)29)32-24-30-10-9-19(31-24)17-15-35(4)21-8-6-5-7-16(17)21/h5-10,13-15H,11-12,29H2,1-4H3,(H,30,31,32). The number of nitrogen functional groups attached to an aromatic ring is 1. The van der Waals surface area contributed by atoms with E-state index in [-0.39, 0.29) is 11.6 Å². The van der Waals surface area contributed by atoms with Crippen LogP contribution >= 0.6 is 0 Å². The summed E-state index contributed by atoms with van der Waals surface area (Å²) in [4.78, 5) is 12.5. The first-order valence-corrected chi connectivity index (χ1v) is 11.2. The number of nitrogens with two attached hydrogens (primary N) is 1. The Morgan fingerprint density at radius 1 is 1.08 bits per heavy atom. The Morgan fingerprint density at radius 2 is 1.83 bits per heavy atom. The molecule has 0 atom stereocenters. The molecule has 0 saturated heterocycles. The van der Waals surface area contributed by atoms with Crippen LogP contribution in [0.3, 0.4) is 0 Å². The molecule has 4 rings (SSSR count). The Kier molecular flexibility index (Phi) is 6.93. The zero-order valence-corrected chi connectivity index (χ0v) is 20.5. The van der Waals surface area contributed by atoms with Gasteiger partial charge >= 0.3 is 6.36 Å². The number of para-hydroxylation sites is 1. The first kappa shape index (κ1) is 25.1. The molecule has 4 aromatic rings. The lowest BCUT2D eigenvalue weighted by Gasteiger charge is -2.25. The first-order valence-electron chi connectivity index (χ1n) is 11.2. The van der Waals surface area contributed by atoms with E-state index in [9.17, 15) is 13.2 Å². The number of aromatic nitrogens is 3. The van der Waals surface area contributed by atoms with Gasteiger partial charge in [0.05, 0.1) is 22.8 Å². The van der Waals surface area contributed by atoms with Crippen LogP contribution in [0.4, 0.5) is 36.2 Å². The maximum Gasteiger partial charge on any atom is 0.573 e. The highest BCUT2D eigenvalue weighted by molar-refractivity contribution is 5.95. The van der Waals surface area contributed by atoms with Crippen molar-refractivity contribution in [2.75, 3.05) is 50.2 Å². The summed E-state index contributed by atoms with van der Waals surface area (Å²) in [5.74, 6) is -0.317. The fourth-order valence-corrected chi connectivity index (χ4v) is 3.93. The van der Waals surface area contributed by atoms with E-state index in [1.54, 1.807) is 24.2 Å². The Labute approximate surface area is 207 Å². The lowest BCUT2D eigenvalue weighted by Crippen LogP contribution is -2.29. The molecule has 3 N–H and O–H groups in total. The average molecular weight is 500 g/mol. The molecule has 0 fully saturated rings. The van der Waals surface area contributed by atoms with E-state index in [1.165, 1.54) is 12.1 Å². The quantitative estimate of drug-likeness (QED) is 0.335. The second-order valence-corrected chi connectivity index (χ2v) is 8.74. The molecule has 0 aliphatic carbocycles. The number of nitrogens with one attached hydrogen (secondary N) is 1. The van der Waals surface area contributed by atoms with E-state index in [1.807, 2.05) is 61.1 Å². The van der Waals surface area contributed by atoms with Crippen LogP contribution in [0.5, 0.6) is 5.75 Å². The summed E-state index contributed by atoms with van der Waals surface area (Å²) in [7, 11) is 7.52. The van der Waals surface area contributed by atoms with E-state index in [0.29, 0.717) is 30.2 Å². The van der Waals surface area contributed by atoms with Gasteiger partial charge < -0.3 is 30.2 Å². The maximum absolute atomic E-state index is 13.2. The summed E-state index contributed by atoms with van der Waals surface area (Å²) in [6.07, 6.45) is -1.40. The largest absolute Gasteiger partial charge is 0.573 e. The predicted molar refractivity (Wildman–Crippen MR) is 137 cm³/mol. The molecule has 2 aromatic heterocycles. The summed E-state index contributed by atoms with van der Waals surface area (Å²) in [6.45, 7) is 1.26. The number of nitrogens with zero attached hydrogens (tertiary/aromatic N) is 5. The van der Waals surface area contributed by atoms with E-state index < -0.39 is 12.1 Å². The third-order valence-electron chi connectivity index (χ3n) is 5.72. The number of rotatable bonds is 8. The van der Waals surface area contributed by atoms with Crippen LogP contribution in [0.2, 0.25) is 0 Å². The smallest absolute Gasteiger partial charge is 0.403 e.